The number of ether oxygens (including phenoxy) is 1. The highest BCUT2D eigenvalue weighted by molar-refractivity contribution is 6.32. The van der Waals surface area contributed by atoms with Gasteiger partial charge in [-0.1, -0.05) is 12.1 Å². The Labute approximate surface area is 86.0 Å². The van der Waals surface area contributed by atoms with Crippen molar-refractivity contribution in [1.82, 2.24) is 5.32 Å². The summed E-state index contributed by atoms with van der Waals surface area (Å²) >= 11 is 0. The van der Waals surface area contributed by atoms with E-state index >= 15 is 0 Å². The number of carbonyl (C=O) groups excluding carboxylic acids is 2. The molecule has 1 N–H and O–H groups in total. The van der Waals surface area contributed by atoms with Crippen molar-refractivity contribution in [2.45, 2.75) is 6.54 Å². The van der Waals surface area contributed by atoms with Crippen molar-refractivity contribution in [2.75, 3.05) is 7.11 Å². The fourth-order valence-electron chi connectivity index (χ4n) is 0.949. The van der Waals surface area contributed by atoms with Gasteiger partial charge in [0.05, 0.1) is 7.11 Å². The third-order valence-corrected chi connectivity index (χ3v) is 1.74. The Kier molecular flexibility index (Phi) is 3.79. The van der Waals surface area contributed by atoms with Crippen LogP contribution in [-0.4, -0.2) is 19.0 Å². The quantitative estimate of drug-likeness (QED) is 0.576. The molecule has 1 rings (SSSR count). The summed E-state index contributed by atoms with van der Waals surface area (Å²) in [5.74, 6) is -2.11. The van der Waals surface area contributed by atoms with Crippen molar-refractivity contribution in [3.05, 3.63) is 35.6 Å². The zero-order valence-corrected chi connectivity index (χ0v) is 8.12. The van der Waals surface area contributed by atoms with Crippen molar-refractivity contribution < 1.29 is 18.7 Å². The maximum atomic E-state index is 12.5. The maximum Gasteiger partial charge on any atom is 0.396 e. The fourth-order valence-corrected chi connectivity index (χ4v) is 0.949. The Hall–Kier alpha value is -1.91. The van der Waals surface area contributed by atoms with Crippen LogP contribution in [0.1, 0.15) is 5.56 Å². The van der Waals surface area contributed by atoms with Gasteiger partial charge in [0.25, 0.3) is 0 Å². The Bertz CT molecular complexity index is 361. The SMILES string of the molecule is COC(=O)C(=O)NCc1ccc(F)cc1. The second-order valence-electron chi connectivity index (χ2n) is 2.80. The van der Waals surface area contributed by atoms with E-state index in [9.17, 15) is 14.0 Å². The molecule has 0 radical (unpaired) electrons. The molecule has 0 saturated carbocycles. The van der Waals surface area contributed by atoms with Gasteiger partial charge in [-0.05, 0) is 17.7 Å². The first kappa shape index (κ1) is 11.2. The lowest BCUT2D eigenvalue weighted by atomic mass is 10.2. The van der Waals surface area contributed by atoms with Crippen LogP contribution in [-0.2, 0) is 20.9 Å². The molecule has 0 atom stereocenters. The normalized spacial score (nSPS) is 9.47. The van der Waals surface area contributed by atoms with E-state index in [1.807, 2.05) is 0 Å². The molecule has 0 aliphatic rings. The number of methoxy groups -OCH3 is 1. The van der Waals surface area contributed by atoms with Gasteiger partial charge in [-0.3, -0.25) is 4.79 Å². The molecule has 1 aromatic carbocycles. The minimum atomic E-state index is -0.947. The van der Waals surface area contributed by atoms with E-state index in [0.29, 0.717) is 5.56 Å². The predicted octanol–water partition coefficient (Wildman–Crippen LogP) is 0.615. The second kappa shape index (κ2) is 5.09. The van der Waals surface area contributed by atoms with Gasteiger partial charge < -0.3 is 10.1 Å². The van der Waals surface area contributed by atoms with Gasteiger partial charge in [0.2, 0.25) is 0 Å². The summed E-state index contributed by atoms with van der Waals surface area (Å²) in [7, 11) is 1.12. The molecule has 0 unspecified atom stereocenters. The topological polar surface area (TPSA) is 55.4 Å². The van der Waals surface area contributed by atoms with Gasteiger partial charge >= 0.3 is 11.9 Å². The molecule has 0 heterocycles. The number of carbonyl (C=O) groups is 2. The molecule has 0 aliphatic carbocycles. The summed E-state index contributed by atoms with van der Waals surface area (Å²) in [6, 6.07) is 5.60. The number of amides is 1. The first-order chi connectivity index (χ1) is 7.13. The molecule has 5 heteroatoms. The summed E-state index contributed by atoms with van der Waals surface area (Å²) in [5.41, 5.74) is 0.702. The zero-order valence-electron chi connectivity index (χ0n) is 8.12. The van der Waals surface area contributed by atoms with Crippen LogP contribution >= 0.6 is 0 Å². The summed E-state index contributed by atoms with van der Waals surface area (Å²) in [4.78, 5) is 21.6. The van der Waals surface area contributed by atoms with Gasteiger partial charge in [-0.15, -0.1) is 0 Å². The third-order valence-electron chi connectivity index (χ3n) is 1.74. The van der Waals surface area contributed by atoms with Crippen molar-refractivity contribution in [3.63, 3.8) is 0 Å². The minimum absolute atomic E-state index is 0.161. The van der Waals surface area contributed by atoms with Crippen molar-refractivity contribution in [3.8, 4) is 0 Å². The molecule has 0 aromatic heterocycles. The second-order valence-corrected chi connectivity index (χ2v) is 2.80. The van der Waals surface area contributed by atoms with Crippen molar-refractivity contribution in [1.29, 1.82) is 0 Å². The number of esters is 1. The molecule has 0 fully saturated rings. The highest BCUT2D eigenvalue weighted by atomic mass is 19.1. The van der Waals surface area contributed by atoms with Crippen LogP contribution in [0.3, 0.4) is 0 Å². The van der Waals surface area contributed by atoms with Crippen LogP contribution < -0.4 is 5.32 Å². The molecule has 4 nitrogen and oxygen atoms in total. The van der Waals surface area contributed by atoms with Crippen LogP contribution in [0.15, 0.2) is 24.3 Å². The summed E-state index contributed by atoms with van der Waals surface area (Å²) in [6.45, 7) is 0.161. The number of nitrogens with one attached hydrogen (secondary N) is 1. The number of rotatable bonds is 2. The first-order valence-corrected chi connectivity index (χ1v) is 4.24. The summed E-state index contributed by atoms with van der Waals surface area (Å²) < 4.78 is 16.7. The Morgan fingerprint density at radius 1 is 1.33 bits per heavy atom. The Morgan fingerprint density at radius 2 is 1.93 bits per heavy atom. The predicted molar refractivity (Wildman–Crippen MR) is 50.3 cm³/mol. The lowest BCUT2D eigenvalue weighted by Crippen LogP contribution is -2.31. The first-order valence-electron chi connectivity index (χ1n) is 4.24. The fraction of sp³-hybridized carbons (Fsp3) is 0.200. The number of hydrogen-bond donors (Lipinski definition) is 1. The molecular formula is C10H10FNO3. The van der Waals surface area contributed by atoms with Crippen LogP contribution in [0.25, 0.3) is 0 Å². The highest BCUT2D eigenvalue weighted by Gasteiger charge is 2.12. The lowest BCUT2D eigenvalue weighted by Gasteiger charge is -2.03. The van der Waals surface area contributed by atoms with Crippen molar-refractivity contribution in [2.24, 2.45) is 0 Å². The average Bonchev–Trinajstić information content (AvgIpc) is 2.26. The third kappa shape index (κ3) is 3.38. The molecule has 0 spiro atoms. The number of benzene rings is 1. The number of halogens is 1. The minimum Gasteiger partial charge on any atom is -0.462 e. The van der Waals surface area contributed by atoms with Crippen molar-refractivity contribution >= 4 is 11.9 Å². The van der Waals surface area contributed by atoms with Gasteiger partial charge in [-0.25, -0.2) is 9.18 Å². The molecule has 80 valence electrons. The Morgan fingerprint density at radius 3 is 2.47 bits per heavy atom. The van der Waals surface area contributed by atoms with E-state index in [-0.39, 0.29) is 12.4 Å². The Balaban J connectivity index is 2.47. The van der Waals surface area contributed by atoms with E-state index in [1.54, 1.807) is 0 Å². The standard InChI is InChI=1S/C10H10FNO3/c1-15-10(14)9(13)12-6-7-2-4-8(11)5-3-7/h2-5H,6H2,1H3,(H,12,13). The average molecular weight is 211 g/mol. The molecule has 1 aromatic rings. The maximum absolute atomic E-state index is 12.5. The summed E-state index contributed by atoms with van der Waals surface area (Å²) in [5, 5.41) is 2.33. The van der Waals surface area contributed by atoms with Crippen LogP contribution in [0.4, 0.5) is 4.39 Å². The monoisotopic (exact) mass is 211 g/mol. The van der Waals surface area contributed by atoms with Crippen LogP contribution in [0.5, 0.6) is 0 Å². The van der Waals surface area contributed by atoms with Gasteiger partial charge in [0.15, 0.2) is 0 Å². The van der Waals surface area contributed by atoms with Gasteiger partial charge in [-0.2, -0.15) is 0 Å². The lowest BCUT2D eigenvalue weighted by molar-refractivity contribution is -0.152. The van der Waals surface area contributed by atoms with Gasteiger partial charge in [0.1, 0.15) is 5.82 Å². The van der Waals surface area contributed by atoms with Crippen LogP contribution in [0, 0.1) is 5.82 Å². The van der Waals surface area contributed by atoms with E-state index in [4.69, 9.17) is 0 Å². The van der Waals surface area contributed by atoms with E-state index < -0.39 is 11.9 Å². The summed E-state index contributed by atoms with van der Waals surface area (Å²) in [6.07, 6.45) is 0. The van der Waals surface area contributed by atoms with Crippen LogP contribution in [0.2, 0.25) is 0 Å². The van der Waals surface area contributed by atoms with E-state index in [0.717, 1.165) is 7.11 Å². The molecule has 0 bridgehead atoms. The largest absolute Gasteiger partial charge is 0.462 e. The highest BCUT2D eigenvalue weighted by Crippen LogP contribution is 2.01. The molecule has 0 aliphatic heterocycles. The molecular weight excluding hydrogens is 201 g/mol. The zero-order chi connectivity index (χ0) is 11.3. The van der Waals surface area contributed by atoms with E-state index in [1.165, 1.54) is 24.3 Å². The number of hydrogen-bond acceptors (Lipinski definition) is 3. The smallest absolute Gasteiger partial charge is 0.396 e. The molecule has 1 amide bonds. The van der Waals surface area contributed by atoms with E-state index in [2.05, 4.69) is 10.1 Å². The molecule has 0 saturated heterocycles. The van der Waals surface area contributed by atoms with Gasteiger partial charge in [0, 0.05) is 6.54 Å². The molecule has 15 heavy (non-hydrogen) atoms.